The number of ether oxygens (including phenoxy) is 1. The summed E-state index contributed by atoms with van der Waals surface area (Å²) in [5.41, 5.74) is 8.39. The maximum atomic E-state index is 5.94. The smallest absolute Gasteiger partial charge is 0.227 e. The first-order valence-corrected chi connectivity index (χ1v) is 6.05. The SMILES string of the molecule is COc1ccc(-c2nc3cc(Cl)cc(N)c3o2)cc1. The molecule has 2 aromatic carbocycles. The fourth-order valence-corrected chi connectivity index (χ4v) is 2.10. The maximum absolute atomic E-state index is 5.94. The Labute approximate surface area is 114 Å². The average Bonchev–Trinajstić information content (AvgIpc) is 2.83. The molecule has 0 aliphatic carbocycles. The molecule has 1 heterocycles. The number of nitrogens with zero attached hydrogens (tertiary/aromatic N) is 1. The van der Waals surface area contributed by atoms with Gasteiger partial charge in [-0.25, -0.2) is 4.98 Å². The summed E-state index contributed by atoms with van der Waals surface area (Å²) in [4.78, 5) is 4.39. The van der Waals surface area contributed by atoms with Crippen molar-refractivity contribution in [2.45, 2.75) is 0 Å². The van der Waals surface area contributed by atoms with Crippen molar-refractivity contribution < 1.29 is 9.15 Å². The zero-order valence-corrected chi connectivity index (χ0v) is 10.9. The van der Waals surface area contributed by atoms with Crippen molar-refractivity contribution in [1.29, 1.82) is 0 Å². The third-order valence-electron chi connectivity index (χ3n) is 2.82. The number of anilines is 1. The number of rotatable bonds is 2. The van der Waals surface area contributed by atoms with Crippen molar-refractivity contribution in [2.75, 3.05) is 12.8 Å². The second kappa shape index (κ2) is 4.48. The van der Waals surface area contributed by atoms with E-state index in [4.69, 9.17) is 26.5 Å². The minimum absolute atomic E-state index is 0.481. The first-order valence-electron chi connectivity index (χ1n) is 5.67. The number of fused-ring (bicyclic) bond motifs is 1. The van der Waals surface area contributed by atoms with Crippen molar-refractivity contribution in [3.63, 3.8) is 0 Å². The molecule has 0 unspecified atom stereocenters. The largest absolute Gasteiger partial charge is 0.497 e. The number of aromatic nitrogens is 1. The van der Waals surface area contributed by atoms with Crippen LogP contribution in [0.25, 0.3) is 22.6 Å². The molecular weight excluding hydrogens is 264 g/mol. The third kappa shape index (κ3) is 2.11. The van der Waals surface area contributed by atoms with E-state index >= 15 is 0 Å². The first-order chi connectivity index (χ1) is 9.17. The van der Waals surface area contributed by atoms with Gasteiger partial charge in [0.05, 0.1) is 12.8 Å². The second-order valence-corrected chi connectivity index (χ2v) is 4.53. The van der Waals surface area contributed by atoms with Gasteiger partial charge in [0.1, 0.15) is 11.3 Å². The molecule has 0 fully saturated rings. The highest BCUT2D eigenvalue weighted by Crippen LogP contribution is 2.31. The molecule has 0 aliphatic heterocycles. The number of nitrogen functional groups attached to an aromatic ring is 1. The molecule has 0 saturated carbocycles. The number of hydrogen-bond acceptors (Lipinski definition) is 4. The lowest BCUT2D eigenvalue weighted by molar-refractivity contribution is 0.415. The Morgan fingerprint density at radius 2 is 1.95 bits per heavy atom. The van der Waals surface area contributed by atoms with Crippen molar-refractivity contribution >= 4 is 28.4 Å². The number of nitrogens with two attached hydrogens (primary N) is 1. The highest BCUT2D eigenvalue weighted by molar-refractivity contribution is 6.31. The van der Waals surface area contributed by atoms with E-state index in [9.17, 15) is 0 Å². The molecule has 0 saturated heterocycles. The zero-order valence-electron chi connectivity index (χ0n) is 10.2. The van der Waals surface area contributed by atoms with Crippen molar-refractivity contribution in [3.05, 3.63) is 41.4 Å². The second-order valence-electron chi connectivity index (χ2n) is 4.09. The Morgan fingerprint density at radius 3 is 2.63 bits per heavy atom. The van der Waals surface area contributed by atoms with E-state index in [1.54, 1.807) is 19.2 Å². The highest BCUT2D eigenvalue weighted by Gasteiger charge is 2.11. The van der Waals surface area contributed by atoms with Gasteiger partial charge >= 0.3 is 0 Å². The fraction of sp³-hybridized carbons (Fsp3) is 0.0714. The molecule has 19 heavy (non-hydrogen) atoms. The third-order valence-corrected chi connectivity index (χ3v) is 3.04. The van der Waals surface area contributed by atoms with E-state index in [0.29, 0.717) is 27.7 Å². The molecular formula is C14H11ClN2O2. The van der Waals surface area contributed by atoms with Crippen LogP contribution in [0.3, 0.4) is 0 Å². The van der Waals surface area contributed by atoms with Crippen molar-refractivity contribution in [2.24, 2.45) is 0 Å². The number of oxazole rings is 1. The van der Waals surface area contributed by atoms with Crippen LogP contribution in [0, 0.1) is 0 Å². The highest BCUT2D eigenvalue weighted by atomic mass is 35.5. The van der Waals surface area contributed by atoms with Gasteiger partial charge in [0.2, 0.25) is 5.89 Å². The zero-order chi connectivity index (χ0) is 13.4. The summed E-state index contributed by atoms with van der Waals surface area (Å²) in [6.07, 6.45) is 0. The molecule has 3 aromatic rings. The van der Waals surface area contributed by atoms with E-state index in [1.165, 1.54) is 0 Å². The van der Waals surface area contributed by atoms with Gasteiger partial charge in [0.25, 0.3) is 0 Å². The molecule has 0 bridgehead atoms. The van der Waals surface area contributed by atoms with Gasteiger partial charge in [-0.2, -0.15) is 0 Å². The van der Waals surface area contributed by atoms with E-state index in [0.717, 1.165) is 11.3 Å². The minimum Gasteiger partial charge on any atom is -0.497 e. The molecule has 96 valence electrons. The number of halogens is 1. The van der Waals surface area contributed by atoms with Crippen LogP contribution < -0.4 is 10.5 Å². The molecule has 0 amide bonds. The van der Waals surface area contributed by atoms with Gasteiger partial charge in [-0.05, 0) is 36.4 Å². The predicted octanol–water partition coefficient (Wildman–Crippen LogP) is 3.74. The monoisotopic (exact) mass is 274 g/mol. The van der Waals surface area contributed by atoms with Crippen LogP contribution in [0.1, 0.15) is 0 Å². The van der Waals surface area contributed by atoms with Crippen molar-refractivity contribution in [3.8, 4) is 17.2 Å². The van der Waals surface area contributed by atoms with Gasteiger partial charge in [-0.1, -0.05) is 11.6 Å². The van der Waals surface area contributed by atoms with Crippen molar-refractivity contribution in [1.82, 2.24) is 4.98 Å². The standard InChI is InChI=1S/C14H11ClN2O2/c1-18-10-4-2-8(3-5-10)14-17-12-7-9(15)6-11(16)13(12)19-14/h2-7H,16H2,1H3. The first kappa shape index (κ1) is 11.9. The molecule has 5 heteroatoms. The molecule has 0 radical (unpaired) electrons. The Balaban J connectivity index is 2.12. The summed E-state index contributed by atoms with van der Waals surface area (Å²) in [5, 5.41) is 0.541. The van der Waals surface area contributed by atoms with E-state index in [2.05, 4.69) is 4.98 Å². The molecule has 3 rings (SSSR count). The van der Waals surface area contributed by atoms with Crippen LogP contribution >= 0.6 is 11.6 Å². The lowest BCUT2D eigenvalue weighted by Gasteiger charge is -1.99. The van der Waals surface area contributed by atoms with Crippen LogP contribution in [0.4, 0.5) is 5.69 Å². The normalized spacial score (nSPS) is 10.8. The van der Waals surface area contributed by atoms with Gasteiger partial charge < -0.3 is 14.9 Å². The lowest BCUT2D eigenvalue weighted by atomic mass is 10.2. The maximum Gasteiger partial charge on any atom is 0.227 e. The molecule has 2 N–H and O–H groups in total. The van der Waals surface area contributed by atoms with Crippen LogP contribution in [-0.2, 0) is 0 Å². The number of methoxy groups -OCH3 is 1. The Bertz CT molecular complexity index is 735. The number of benzene rings is 2. The summed E-state index contributed by atoms with van der Waals surface area (Å²) in [7, 11) is 1.62. The average molecular weight is 275 g/mol. The summed E-state index contributed by atoms with van der Waals surface area (Å²) in [5.74, 6) is 1.29. The minimum atomic E-state index is 0.481. The number of hydrogen-bond donors (Lipinski definition) is 1. The molecule has 1 aromatic heterocycles. The molecule has 4 nitrogen and oxygen atoms in total. The fourth-order valence-electron chi connectivity index (χ4n) is 1.88. The Kier molecular flexibility index (Phi) is 2.80. The molecule has 0 atom stereocenters. The topological polar surface area (TPSA) is 61.3 Å². The van der Waals surface area contributed by atoms with Crippen LogP contribution in [0.15, 0.2) is 40.8 Å². The summed E-state index contributed by atoms with van der Waals surface area (Å²) in [6, 6.07) is 10.8. The Morgan fingerprint density at radius 1 is 1.21 bits per heavy atom. The predicted molar refractivity (Wildman–Crippen MR) is 75.4 cm³/mol. The van der Waals surface area contributed by atoms with Crippen LogP contribution in [0.2, 0.25) is 5.02 Å². The van der Waals surface area contributed by atoms with E-state index < -0.39 is 0 Å². The van der Waals surface area contributed by atoms with Gasteiger partial charge in [0.15, 0.2) is 5.58 Å². The quantitative estimate of drug-likeness (QED) is 0.723. The van der Waals surface area contributed by atoms with Crippen LogP contribution in [0.5, 0.6) is 5.75 Å². The summed E-state index contributed by atoms with van der Waals surface area (Å²) < 4.78 is 10.8. The van der Waals surface area contributed by atoms with E-state index in [1.807, 2.05) is 24.3 Å². The molecule has 0 spiro atoms. The lowest BCUT2D eigenvalue weighted by Crippen LogP contribution is -1.84. The van der Waals surface area contributed by atoms with E-state index in [-0.39, 0.29) is 0 Å². The van der Waals surface area contributed by atoms with Crippen LogP contribution in [-0.4, -0.2) is 12.1 Å². The van der Waals surface area contributed by atoms with Gasteiger partial charge in [-0.3, -0.25) is 0 Å². The summed E-state index contributed by atoms with van der Waals surface area (Å²) in [6.45, 7) is 0. The van der Waals surface area contributed by atoms with Gasteiger partial charge in [0, 0.05) is 10.6 Å². The Hall–Kier alpha value is -2.20. The molecule has 0 aliphatic rings. The summed E-state index contributed by atoms with van der Waals surface area (Å²) >= 11 is 5.94. The van der Waals surface area contributed by atoms with Gasteiger partial charge in [-0.15, -0.1) is 0 Å².